The molecule has 0 spiro atoms. The highest BCUT2D eigenvalue weighted by Gasteiger charge is 2.40. The maximum Gasteiger partial charge on any atom is 0.311 e. The van der Waals surface area contributed by atoms with Gasteiger partial charge in [0.15, 0.2) is 5.75 Å². The van der Waals surface area contributed by atoms with Crippen LogP contribution in [0.25, 0.3) is 21.7 Å². The van der Waals surface area contributed by atoms with Gasteiger partial charge in [-0.2, -0.15) is 4.39 Å². The molecule has 19 heteroatoms. The van der Waals surface area contributed by atoms with Gasteiger partial charge in [-0.15, -0.1) is 0 Å². The number of ether oxygens (including phenoxy) is 1. The fraction of sp³-hybridized carbons (Fsp3) is 0.348. The number of anilines is 4. The maximum absolute atomic E-state index is 13.7. The summed E-state index contributed by atoms with van der Waals surface area (Å²) in [5.74, 6) is -1.42. The minimum Gasteiger partial charge on any atom is -0.483 e. The van der Waals surface area contributed by atoms with E-state index in [1.165, 1.54) is 61.6 Å². The molecule has 10 rings (SSSR count). The molecular formula is C46H45Cl2F3N8O6. The third-order valence-corrected chi connectivity index (χ3v) is 13.4. The molecule has 4 aliphatic rings. The molecule has 4 atom stereocenters. The number of benzene rings is 5. The Bertz CT molecular complexity index is 2750. The predicted octanol–water partition coefficient (Wildman–Crippen LogP) is 11.1. The van der Waals surface area contributed by atoms with Gasteiger partial charge < -0.3 is 30.3 Å². The zero-order valence-electron chi connectivity index (χ0n) is 35.3. The molecule has 3 N–H and O–H groups in total. The van der Waals surface area contributed by atoms with Gasteiger partial charge in [-0.05, 0) is 119 Å². The monoisotopic (exact) mass is 932 g/mol. The summed E-state index contributed by atoms with van der Waals surface area (Å²) in [6.07, 6.45) is 9.88. The first-order valence-corrected chi connectivity index (χ1v) is 21.9. The van der Waals surface area contributed by atoms with Crippen molar-refractivity contribution in [2.45, 2.75) is 87.7 Å². The summed E-state index contributed by atoms with van der Waals surface area (Å²) >= 11 is 11.6. The molecule has 4 unspecified atom stereocenters. The summed E-state index contributed by atoms with van der Waals surface area (Å²) in [5.41, 5.74) is 1.29. The Kier molecular flexibility index (Phi) is 13.6. The molecule has 4 saturated heterocycles. The number of rotatable bonds is 8. The number of fused-ring (bicyclic) bond motifs is 6. The molecule has 1 aromatic heterocycles. The molecule has 4 bridgehead atoms. The highest BCUT2D eigenvalue weighted by atomic mass is 35.5. The van der Waals surface area contributed by atoms with Crippen LogP contribution in [-0.4, -0.2) is 85.2 Å². The predicted molar refractivity (Wildman–Crippen MR) is 244 cm³/mol. The van der Waals surface area contributed by atoms with Crippen molar-refractivity contribution < 1.29 is 32.9 Å². The molecule has 65 heavy (non-hydrogen) atoms. The number of nitro benzene ring substituents is 2. The van der Waals surface area contributed by atoms with Crippen LogP contribution in [0.2, 0.25) is 10.0 Å². The van der Waals surface area contributed by atoms with Crippen LogP contribution in [-0.2, 0) is 0 Å². The third-order valence-electron chi connectivity index (χ3n) is 12.9. The van der Waals surface area contributed by atoms with Gasteiger partial charge >= 0.3 is 11.4 Å². The number of aromatic nitrogens is 2. The summed E-state index contributed by atoms with van der Waals surface area (Å²) in [7, 11) is 4.32. The summed E-state index contributed by atoms with van der Waals surface area (Å²) < 4.78 is 46.5. The van der Waals surface area contributed by atoms with Crippen LogP contribution in [0.4, 0.5) is 47.4 Å². The normalized spacial score (nSPS) is 22.4. The standard InChI is InChI=1S/C22H21ClFN5O3.C16H9ClF2N2O2.C8H15NO/c1-28-13-3-4-14(28)8-15(7-13)32-21-10-19-16(9-20(21)29(30)31)22(26-11-25-19)27-12-2-5-18(24)17(23)6-12;17-12-7-10(4-5-13(12)18)20-15-3-1-2-9-6-14(19)16(21(22)23)8-11(9)15;1-9-6-2-3-7(9)5-8(10)4-6/h2,5-6,9-11,13-15H,3-4,7-8H2,1H3,(H,25,26,27);1-8,20H;6-8,10H,2-5H2,1H3. The fourth-order valence-electron chi connectivity index (χ4n) is 9.40. The summed E-state index contributed by atoms with van der Waals surface area (Å²) in [4.78, 5) is 34.8. The van der Waals surface area contributed by atoms with Crippen molar-refractivity contribution >= 4 is 79.1 Å². The summed E-state index contributed by atoms with van der Waals surface area (Å²) in [6, 6.07) is 20.8. The Morgan fingerprint density at radius 1 is 0.692 bits per heavy atom. The summed E-state index contributed by atoms with van der Waals surface area (Å²) in [5, 5.41) is 39.5. The zero-order valence-corrected chi connectivity index (χ0v) is 36.8. The molecule has 4 aliphatic heterocycles. The molecule has 5 aromatic carbocycles. The Balaban J connectivity index is 0.000000151. The van der Waals surface area contributed by atoms with Crippen molar-refractivity contribution in [3.63, 3.8) is 0 Å². The molecular weight excluding hydrogens is 888 g/mol. The van der Waals surface area contributed by atoms with Crippen molar-refractivity contribution in [1.82, 2.24) is 19.8 Å². The lowest BCUT2D eigenvalue weighted by molar-refractivity contribution is -0.387. The Labute approximate surface area is 381 Å². The van der Waals surface area contributed by atoms with Gasteiger partial charge in [-0.1, -0.05) is 35.3 Å². The number of hydrogen-bond acceptors (Lipinski definition) is 12. The van der Waals surface area contributed by atoms with Crippen LogP contribution in [0.1, 0.15) is 51.4 Å². The molecule has 0 saturated carbocycles. The van der Waals surface area contributed by atoms with Gasteiger partial charge in [0, 0.05) is 64.8 Å². The van der Waals surface area contributed by atoms with E-state index in [1.54, 1.807) is 24.3 Å². The average molecular weight is 934 g/mol. The van der Waals surface area contributed by atoms with Gasteiger partial charge in [0.05, 0.1) is 36.9 Å². The SMILES string of the molecule is CN1C2CCC1CC(O)C2.CN1C2CCC1CC(Oc1cc3ncnc(Nc4ccc(F)c(Cl)c4)c3cc1[N+](=O)[O-])C2.O=[N+]([O-])c1cc2c(Nc3ccc(F)c(Cl)c3)cccc2cc1F. The van der Waals surface area contributed by atoms with E-state index in [1.807, 2.05) is 0 Å². The van der Waals surface area contributed by atoms with Crippen LogP contribution in [0.3, 0.4) is 0 Å². The van der Waals surface area contributed by atoms with Crippen LogP contribution in [0.5, 0.6) is 5.75 Å². The van der Waals surface area contributed by atoms with Gasteiger partial charge in [0.25, 0.3) is 0 Å². The minimum absolute atomic E-state index is 0.00583. The van der Waals surface area contributed by atoms with Crippen molar-refractivity contribution in [2.24, 2.45) is 0 Å². The van der Waals surface area contributed by atoms with E-state index in [2.05, 4.69) is 44.5 Å². The number of piperidine rings is 2. The minimum atomic E-state index is -0.899. The number of nitro groups is 2. The van der Waals surface area contributed by atoms with Crippen molar-refractivity contribution in [2.75, 3.05) is 24.7 Å². The number of aliphatic hydroxyl groups excluding tert-OH is 1. The summed E-state index contributed by atoms with van der Waals surface area (Å²) in [6.45, 7) is 0. The smallest absolute Gasteiger partial charge is 0.311 e. The number of aliphatic hydroxyl groups is 1. The zero-order chi connectivity index (χ0) is 46.1. The maximum atomic E-state index is 13.7. The topological polar surface area (TPSA) is 172 Å². The van der Waals surface area contributed by atoms with E-state index in [0.717, 1.165) is 50.7 Å². The van der Waals surface area contributed by atoms with E-state index < -0.39 is 33.0 Å². The fourth-order valence-corrected chi connectivity index (χ4v) is 9.77. The molecule has 340 valence electrons. The second-order valence-electron chi connectivity index (χ2n) is 16.8. The van der Waals surface area contributed by atoms with Crippen LogP contribution >= 0.6 is 23.2 Å². The van der Waals surface area contributed by atoms with Crippen molar-refractivity contribution in [1.29, 1.82) is 0 Å². The van der Waals surface area contributed by atoms with Gasteiger partial charge in [-0.3, -0.25) is 20.2 Å². The largest absolute Gasteiger partial charge is 0.483 e. The lowest BCUT2D eigenvalue weighted by Crippen LogP contribution is -2.43. The van der Waals surface area contributed by atoms with Gasteiger partial charge in [-0.25, -0.2) is 18.7 Å². The highest BCUT2D eigenvalue weighted by Crippen LogP contribution is 2.40. The lowest BCUT2D eigenvalue weighted by Gasteiger charge is -2.36. The van der Waals surface area contributed by atoms with Crippen molar-refractivity contribution in [3.05, 3.63) is 133 Å². The lowest BCUT2D eigenvalue weighted by atomic mass is 10.0. The van der Waals surface area contributed by atoms with E-state index in [-0.39, 0.29) is 33.7 Å². The average Bonchev–Trinajstić information content (AvgIpc) is 3.58. The first-order chi connectivity index (χ1) is 31.1. The Hall–Kier alpha value is -5.85. The molecule has 6 aromatic rings. The van der Waals surface area contributed by atoms with Crippen LogP contribution < -0.4 is 15.4 Å². The Morgan fingerprint density at radius 3 is 1.82 bits per heavy atom. The molecule has 4 fully saturated rings. The van der Waals surface area contributed by atoms with Crippen LogP contribution in [0.15, 0.2) is 85.2 Å². The number of nitrogens with one attached hydrogen (secondary N) is 2. The highest BCUT2D eigenvalue weighted by molar-refractivity contribution is 6.31. The Morgan fingerprint density at radius 2 is 1.25 bits per heavy atom. The quantitative estimate of drug-likeness (QED) is 0.0976. The van der Waals surface area contributed by atoms with Crippen LogP contribution in [0, 0.1) is 37.7 Å². The molecule has 0 radical (unpaired) electrons. The first kappa shape index (κ1) is 45.7. The third kappa shape index (κ3) is 10.2. The molecule has 0 aliphatic carbocycles. The van der Waals surface area contributed by atoms with Gasteiger partial charge in [0.1, 0.15) is 29.9 Å². The first-order valence-electron chi connectivity index (χ1n) is 21.1. The van der Waals surface area contributed by atoms with E-state index in [9.17, 15) is 38.5 Å². The van der Waals surface area contributed by atoms with Gasteiger partial charge in [0.2, 0.25) is 5.82 Å². The second kappa shape index (κ2) is 19.3. The molecule has 0 amide bonds. The van der Waals surface area contributed by atoms with E-state index in [4.69, 9.17) is 27.9 Å². The second-order valence-corrected chi connectivity index (χ2v) is 17.7. The van der Waals surface area contributed by atoms with Crippen molar-refractivity contribution in [3.8, 4) is 5.75 Å². The molecule has 5 heterocycles. The number of hydrogen-bond donors (Lipinski definition) is 3. The van der Waals surface area contributed by atoms with E-state index in [0.29, 0.717) is 68.7 Å². The number of nitrogens with zero attached hydrogens (tertiary/aromatic N) is 6. The van der Waals surface area contributed by atoms with E-state index >= 15 is 0 Å². The number of halogens is 5. The molecule has 14 nitrogen and oxygen atoms in total.